The standard InChI is InChI=1S/C27H34N2.2C9H19.Ni/c1-4-5-6-7-8-9-10-15-25-20-26(23-16-11-13-21(2)18-23)29(28)27(25)24-17-12-14-22(3)19-24;2*1-3-5-7-9-8-6-4-2;/h11-14,16-20H,4-10,15H2,1-3H3;2*1,3-9H2,2H3;/q;2*-1;+2. The second kappa shape index (κ2) is 31.0. The molecule has 2 nitrogen and oxygen atoms in total. The molecule has 1 aliphatic rings. The monoisotopic (exact) mass is 699 g/mol. The Labute approximate surface area is 309 Å². The third-order valence-electron chi connectivity index (χ3n) is 8.92. The fraction of sp³-hybridized carbons (Fsp3) is 0.600. The average Bonchev–Trinajstić information content (AvgIpc) is 3.40. The number of unbranched alkanes of at least 4 members (excludes halogenated alkanes) is 18. The van der Waals surface area contributed by atoms with Gasteiger partial charge < -0.3 is 19.4 Å². The van der Waals surface area contributed by atoms with Crippen LogP contribution in [-0.2, 0) is 16.5 Å². The molecule has 2 aromatic carbocycles. The van der Waals surface area contributed by atoms with Crippen LogP contribution in [0.5, 0.6) is 0 Å². The van der Waals surface area contributed by atoms with Gasteiger partial charge >= 0.3 is 16.5 Å². The van der Waals surface area contributed by atoms with Crippen molar-refractivity contribution in [2.75, 3.05) is 0 Å². The molecule has 0 saturated carbocycles. The molecule has 0 radical (unpaired) electrons. The van der Waals surface area contributed by atoms with Crippen molar-refractivity contribution in [2.45, 2.75) is 176 Å². The third-order valence-corrected chi connectivity index (χ3v) is 8.92. The molecule has 3 rings (SSSR count). The maximum atomic E-state index is 11.1. The van der Waals surface area contributed by atoms with E-state index in [0.29, 0.717) is 0 Å². The first-order valence-electron chi connectivity index (χ1n) is 19.6. The number of hydrogen-bond acceptors (Lipinski definition) is 0. The van der Waals surface area contributed by atoms with Crippen molar-refractivity contribution in [3.63, 3.8) is 0 Å². The molecule has 1 heterocycles. The summed E-state index contributed by atoms with van der Waals surface area (Å²) in [6.45, 7) is 18.6. The number of benzene rings is 2. The molecule has 0 unspecified atom stereocenters. The second-order valence-electron chi connectivity index (χ2n) is 13.6. The van der Waals surface area contributed by atoms with Crippen molar-refractivity contribution in [3.05, 3.63) is 102 Å². The molecule has 0 bridgehead atoms. The van der Waals surface area contributed by atoms with E-state index in [1.165, 1.54) is 143 Å². The Bertz CT molecular complexity index is 1120. The molecule has 0 fully saturated rings. The van der Waals surface area contributed by atoms with Crippen LogP contribution in [-0.4, -0.2) is 4.70 Å². The number of nitrogens with zero attached hydrogens (tertiary/aromatic N) is 2. The smallest absolute Gasteiger partial charge is 0.493 e. The van der Waals surface area contributed by atoms with Crippen molar-refractivity contribution < 1.29 is 21.2 Å². The van der Waals surface area contributed by atoms with Gasteiger partial charge in [-0.15, -0.1) is 0 Å². The van der Waals surface area contributed by atoms with Crippen LogP contribution in [0.2, 0.25) is 0 Å². The first-order chi connectivity index (χ1) is 22.9. The summed E-state index contributed by atoms with van der Waals surface area (Å²) >= 11 is 0. The van der Waals surface area contributed by atoms with Crippen molar-refractivity contribution in [3.8, 4) is 0 Å². The molecule has 0 amide bonds. The summed E-state index contributed by atoms with van der Waals surface area (Å²) in [4.78, 5) is 0. The topological polar surface area (TPSA) is 25.3 Å². The van der Waals surface area contributed by atoms with Gasteiger partial charge in [-0.3, -0.25) is 0 Å². The summed E-state index contributed by atoms with van der Waals surface area (Å²) in [6.07, 6.45) is 31.2. The number of rotatable bonds is 22. The van der Waals surface area contributed by atoms with Gasteiger partial charge in [0.2, 0.25) is 11.4 Å². The zero-order valence-electron chi connectivity index (χ0n) is 31.9. The van der Waals surface area contributed by atoms with Gasteiger partial charge in [-0.25, -0.2) is 4.70 Å². The molecule has 0 atom stereocenters. The zero-order valence-corrected chi connectivity index (χ0v) is 32.9. The molecule has 0 aromatic heterocycles. The van der Waals surface area contributed by atoms with Gasteiger partial charge in [-0.2, -0.15) is 12.8 Å². The fourth-order valence-electron chi connectivity index (χ4n) is 6.04. The summed E-state index contributed by atoms with van der Waals surface area (Å²) in [5, 5.41) is 0. The molecule has 0 saturated heterocycles. The summed E-state index contributed by atoms with van der Waals surface area (Å²) in [5.74, 6) is 0. The number of allylic oxidation sites excluding steroid dienone is 2. The maximum absolute atomic E-state index is 11.1. The van der Waals surface area contributed by atoms with Crippen LogP contribution in [0.4, 0.5) is 0 Å². The fourth-order valence-corrected chi connectivity index (χ4v) is 6.04. The molecule has 1 aliphatic heterocycles. The van der Waals surface area contributed by atoms with Crippen molar-refractivity contribution >= 4 is 11.4 Å². The van der Waals surface area contributed by atoms with Crippen LogP contribution in [0.15, 0.2) is 60.2 Å². The summed E-state index contributed by atoms with van der Waals surface area (Å²) in [6, 6.07) is 16.8. The van der Waals surface area contributed by atoms with Crippen LogP contribution >= 0.6 is 0 Å². The first-order valence-corrected chi connectivity index (χ1v) is 19.6. The largest absolute Gasteiger partial charge is 2.00 e. The Morgan fingerprint density at radius 3 is 1.38 bits per heavy atom. The van der Waals surface area contributed by atoms with Gasteiger partial charge in [0.15, 0.2) is 0 Å². The van der Waals surface area contributed by atoms with Crippen LogP contribution in [0, 0.1) is 27.7 Å². The van der Waals surface area contributed by atoms with Gasteiger partial charge in [-0.05, 0) is 51.0 Å². The second-order valence-corrected chi connectivity index (χ2v) is 13.6. The van der Waals surface area contributed by atoms with Crippen molar-refractivity contribution in [2.24, 2.45) is 0 Å². The average molecular weight is 700 g/mol. The zero-order chi connectivity index (χ0) is 34.5. The van der Waals surface area contributed by atoms with E-state index in [2.05, 4.69) is 103 Å². The van der Waals surface area contributed by atoms with Crippen molar-refractivity contribution in [1.82, 2.24) is 0 Å². The van der Waals surface area contributed by atoms with E-state index in [9.17, 15) is 5.53 Å². The molecular formula is C45H72N2Ni. The molecule has 0 aliphatic carbocycles. The first kappa shape index (κ1) is 46.0. The van der Waals surface area contributed by atoms with Crippen LogP contribution < -0.4 is 0 Å². The Kier molecular flexibility index (Phi) is 29.7. The summed E-state index contributed by atoms with van der Waals surface area (Å²) in [5.41, 5.74) is 18.7. The molecule has 0 N–H and O–H groups in total. The van der Waals surface area contributed by atoms with Gasteiger partial charge in [-0.1, -0.05) is 172 Å². The van der Waals surface area contributed by atoms with E-state index < -0.39 is 0 Å². The summed E-state index contributed by atoms with van der Waals surface area (Å²) in [7, 11) is 0. The Morgan fingerprint density at radius 1 is 0.542 bits per heavy atom. The van der Waals surface area contributed by atoms with E-state index >= 15 is 0 Å². The number of hydrogen-bond donors (Lipinski definition) is 0. The van der Waals surface area contributed by atoms with Crippen LogP contribution in [0.1, 0.15) is 184 Å². The van der Waals surface area contributed by atoms with E-state index in [1.54, 1.807) is 0 Å². The Hall–Kier alpha value is -1.99. The predicted molar refractivity (Wildman–Crippen MR) is 210 cm³/mol. The molecule has 48 heavy (non-hydrogen) atoms. The SMILES string of the molecule is CCCCCCCCCC1=C(c2cccc(C)c2)[N+](=[N-])C(c2cccc(C)c2)=C1.[CH2-]CCCCCCCC.[CH2-]CCCCCCCC.[Ni+2]. The molecule has 3 heteroatoms. The van der Waals surface area contributed by atoms with E-state index in [4.69, 9.17) is 0 Å². The number of aryl methyl sites for hydroxylation is 2. The van der Waals surface area contributed by atoms with Gasteiger partial charge in [0.1, 0.15) is 0 Å². The summed E-state index contributed by atoms with van der Waals surface area (Å²) < 4.78 is 1.40. The quantitative estimate of drug-likeness (QED) is 0.0506. The van der Waals surface area contributed by atoms with Gasteiger partial charge in [0, 0.05) is 22.8 Å². The third kappa shape index (κ3) is 20.5. The maximum Gasteiger partial charge on any atom is 2.00 e. The molecule has 0 spiro atoms. The van der Waals surface area contributed by atoms with E-state index in [0.717, 1.165) is 41.8 Å². The van der Waals surface area contributed by atoms with Crippen LogP contribution in [0.25, 0.3) is 16.9 Å². The normalized spacial score (nSPS) is 12.1. The minimum absolute atomic E-state index is 0. The minimum atomic E-state index is 0. The van der Waals surface area contributed by atoms with Gasteiger partial charge in [0.05, 0.1) is 0 Å². The molecule has 272 valence electrons. The molecule has 2 aromatic rings. The van der Waals surface area contributed by atoms with Crippen molar-refractivity contribution in [1.29, 1.82) is 0 Å². The van der Waals surface area contributed by atoms with Gasteiger partial charge in [0.25, 0.3) is 0 Å². The Balaban J connectivity index is 0.000000960. The van der Waals surface area contributed by atoms with E-state index in [-0.39, 0.29) is 16.5 Å². The predicted octanol–water partition coefficient (Wildman–Crippen LogP) is 15.4. The van der Waals surface area contributed by atoms with E-state index in [1.807, 2.05) is 0 Å². The molecular weight excluding hydrogens is 627 g/mol. The Morgan fingerprint density at radius 2 is 0.938 bits per heavy atom. The van der Waals surface area contributed by atoms with Crippen LogP contribution in [0.3, 0.4) is 0 Å². The minimum Gasteiger partial charge on any atom is -0.493 e.